The number of aromatic nitrogens is 2. The number of anilines is 1. The second-order valence-electron chi connectivity index (χ2n) is 4.77. The van der Waals surface area contributed by atoms with E-state index in [4.69, 9.17) is 9.15 Å². The number of nitrogens with one attached hydrogen (secondary N) is 2. The van der Waals surface area contributed by atoms with Gasteiger partial charge in [0.2, 0.25) is 5.89 Å². The van der Waals surface area contributed by atoms with Gasteiger partial charge in [0.05, 0.1) is 13.2 Å². The number of ether oxygens (including phenoxy) is 1. The fourth-order valence-electron chi connectivity index (χ4n) is 1.89. The fourth-order valence-corrected chi connectivity index (χ4v) is 1.89. The molecule has 1 aromatic rings. The third-order valence-electron chi connectivity index (χ3n) is 3.15. The van der Waals surface area contributed by atoms with Gasteiger partial charge in [-0.2, -0.15) is 0 Å². The highest BCUT2D eigenvalue weighted by atomic mass is 16.5. The number of hydrogen-bond acceptors (Lipinski definition) is 6. The maximum atomic E-state index is 5.48. The molecule has 0 radical (unpaired) electrons. The van der Waals surface area contributed by atoms with E-state index >= 15 is 0 Å². The van der Waals surface area contributed by atoms with Crippen molar-refractivity contribution in [1.29, 1.82) is 0 Å². The summed E-state index contributed by atoms with van der Waals surface area (Å²) in [7, 11) is 0. The van der Waals surface area contributed by atoms with Gasteiger partial charge in [-0.1, -0.05) is 5.10 Å². The first-order valence-electron chi connectivity index (χ1n) is 6.27. The number of rotatable bonds is 6. The Kier molecular flexibility index (Phi) is 3.24. The molecule has 94 valence electrons. The van der Waals surface area contributed by atoms with Gasteiger partial charge in [-0.25, -0.2) is 0 Å². The van der Waals surface area contributed by atoms with E-state index in [1.807, 2.05) is 0 Å². The van der Waals surface area contributed by atoms with Crippen molar-refractivity contribution < 1.29 is 9.15 Å². The zero-order chi connectivity index (χ0) is 11.5. The van der Waals surface area contributed by atoms with Gasteiger partial charge in [0.25, 0.3) is 0 Å². The minimum absolute atomic E-state index is 0.518. The number of nitrogens with zero attached hydrogens (tertiary/aromatic N) is 2. The highest BCUT2D eigenvalue weighted by Gasteiger charge is 2.21. The molecule has 2 fully saturated rings. The Balaban J connectivity index is 1.42. The van der Waals surface area contributed by atoms with Crippen LogP contribution in [0.2, 0.25) is 0 Å². The van der Waals surface area contributed by atoms with Crippen LogP contribution in [0.4, 0.5) is 6.01 Å². The second-order valence-corrected chi connectivity index (χ2v) is 4.77. The minimum Gasteiger partial charge on any atom is -0.407 e. The highest BCUT2D eigenvalue weighted by molar-refractivity contribution is 5.17. The van der Waals surface area contributed by atoms with E-state index in [1.165, 1.54) is 12.8 Å². The van der Waals surface area contributed by atoms with Crippen molar-refractivity contribution >= 4 is 6.01 Å². The van der Waals surface area contributed by atoms with Crippen LogP contribution in [0.1, 0.15) is 25.2 Å². The first-order valence-corrected chi connectivity index (χ1v) is 6.27. The Morgan fingerprint density at radius 2 is 2.18 bits per heavy atom. The van der Waals surface area contributed by atoms with Crippen LogP contribution in [0.5, 0.6) is 0 Å². The van der Waals surface area contributed by atoms with Crippen LogP contribution in [-0.2, 0) is 11.3 Å². The molecule has 1 aliphatic heterocycles. The van der Waals surface area contributed by atoms with Crippen LogP contribution in [0.15, 0.2) is 4.42 Å². The Morgan fingerprint density at radius 1 is 1.24 bits per heavy atom. The van der Waals surface area contributed by atoms with Crippen molar-refractivity contribution in [3.63, 3.8) is 0 Å². The predicted octanol–water partition coefficient (Wildman–Crippen LogP) is 0.770. The Hall–Kier alpha value is -1.14. The molecule has 6 nitrogen and oxygen atoms in total. The first kappa shape index (κ1) is 11.0. The fraction of sp³-hybridized carbons (Fsp3) is 0.818. The van der Waals surface area contributed by atoms with Crippen LogP contribution in [0, 0.1) is 5.92 Å². The standard InChI is InChI=1S/C11H18N4O2/c1-2-9(1)12-6-10-14-15-11(17-10)13-5-8-3-4-16-7-8/h8-9,12H,1-7H2,(H,13,15). The van der Waals surface area contributed by atoms with Gasteiger partial charge in [0.15, 0.2) is 0 Å². The van der Waals surface area contributed by atoms with Gasteiger partial charge in [-0.3, -0.25) is 0 Å². The molecule has 0 amide bonds. The third-order valence-corrected chi connectivity index (χ3v) is 3.15. The third kappa shape index (κ3) is 3.17. The monoisotopic (exact) mass is 238 g/mol. The molecule has 1 aromatic heterocycles. The molecule has 1 atom stereocenters. The molecule has 2 N–H and O–H groups in total. The summed E-state index contributed by atoms with van der Waals surface area (Å²) in [5.74, 6) is 1.22. The van der Waals surface area contributed by atoms with E-state index in [1.54, 1.807) is 0 Å². The summed E-state index contributed by atoms with van der Waals surface area (Å²) in [6.07, 6.45) is 3.64. The van der Waals surface area contributed by atoms with E-state index in [2.05, 4.69) is 20.8 Å². The van der Waals surface area contributed by atoms with Crippen LogP contribution >= 0.6 is 0 Å². The van der Waals surface area contributed by atoms with Crippen molar-refractivity contribution in [2.24, 2.45) is 5.92 Å². The lowest BCUT2D eigenvalue weighted by Gasteiger charge is -2.06. The maximum Gasteiger partial charge on any atom is 0.315 e. The van der Waals surface area contributed by atoms with Crippen molar-refractivity contribution in [2.75, 3.05) is 25.1 Å². The van der Waals surface area contributed by atoms with E-state index < -0.39 is 0 Å². The zero-order valence-corrected chi connectivity index (χ0v) is 9.82. The summed E-state index contributed by atoms with van der Waals surface area (Å²) in [4.78, 5) is 0. The molecule has 0 aromatic carbocycles. The molecule has 17 heavy (non-hydrogen) atoms. The van der Waals surface area contributed by atoms with E-state index in [-0.39, 0.29) is 0 Å². The van der Waals surface area contributed by atoms with Crippen LogP contribution in [-0.4, -0.2) is 36.0 Å². The SMILES string of the molecule is C1CC(CNc2nnc(CNC3CC3)o2)CO1. The molecule has 2 heterocycles. The summed E-state index contributed by atoms with van der Waals surface area (Å²) in [5, 5.41) is 14.5. The van der Waals surface area contributed by atoms with Gasteiger partial charge in [0.1, 0.15) is 0 Å². The van der Waals surface area contributed by atoms with Gasteiger partial charge in [-0.05, 0) is 19.3 Å². The van der Waals surface area contributed by atoms with Crippen LogP contribution in [0.25, 0.3) is 0 Å². The molecule has 6 heteroatoms. The van der Waals surface area contributed by atoms with Gasteiger partial charge < -0.3 is 19.8 Å². The van der Waals surface area contributed by atoms with Gasteiger partial charge in [-0.15, -0.1) is 5.10 Å². The lowest BCUT2D eigenvalue weighted by molar-refractivity contribution is 0.187. The number of hydrogen-bond donors (Lipinski definition) is 2. The molecular weight excluding hydrogens is 220 g/mol. The molecule has 3 rings (SSSR count). The van der Waals surface area contributed by atoms with E-state index in [9.17, 15) is 0 Å². The normalized spacial score (nSPS) is 24.1. The average Bonchev–Trinajstić information content (AvgIpc) is 2.86. The van der Waals surface area contributed by atoms with Crippen LogP contribution in [0.3, 0.4) is 0 Å². The lowest BCUT2D eigenvalue weighted by atomic mass is 10.1. The summed E-state index contributed by atoms with van der Waals surface area (Å²) in [6, 6.07) is 1.18. The molecule has 0 bridgehead atoms. The smallest absolute Gasteiger partial charge is 0.315 e. The summed E-state index contributed by atoms with van der Waals surface area (Å²) < 4.78 is 10.8. The Morgan fingerprint density at radius 3 is 2.94 bits per heavy atom. The quantitative estimate of drug-likeness (QED) is 0.762. The molecule has 1 aliphatic carbocycles. The summed E-state index contributed by atoms with van der Waals surface area (Å²) in [5.41, 5.74) is 0. The molecule has 1 saturated heterocycles. The van der Waals surface area contributed by atoms with Gasteiger partial charge >= 0.3 is 6.01 Å². The largest absolute Gasteiger partial charge is 0.407 e. The lowest BCUT2D eigenvalue weighted by Crippen LogP contribution is -2.15. The summed E-state index contributed by atoms with van der Waals surface area (Å²) >= 11 is 0. The molecule has 2 aliphatic rings. The highest BCUT2D eigenvalue weighted by Crippen LogP contribution is 2.19. The molecule has 0 spiro atoms. The van der Waals surface area contributed by atoms with Gasteiger partial charge in [0, 0.05) is 25.1 Å². The Bertz CT molecular complexity index is 358. The molecule has 1 unspecified atom stereocenters. The molecular formula is C11H18N4O2. The van der Waals surface area contributed by atoms with E-state index in [0.29, 0.717) is 30.4 Å². The zero-order valence-electron chi connectivity index (χ0n) is 9.82. The first-order chi connectivity index (χ1) is 8.40. The Labute approximate surface area is 100 Å². The average molecular weight is 238 g/mol. The maximum absolute atomic E-state index is 5.48. The van der Waals surface area contributed by atoms with E-state index in [0.717, 1.165) is 26.2 Å². The van der Waals surface area contributed by atoms with Crippen molar-refractivity contribution in [1.82, 2.24) is 15.5 Å². The summed E-state index contributed by atoms with van der Waals surface area (Å²) in [6.45, 7) is 3.22. The topological polar surface area (TPSA) is 72.2 Å². The van der Waals surface area contributed by atoms with Crippen molar-refractivity contribution in [3.8, 4) is 0 Å². The van der Waals surface area contributed by atoms with Crippen molar-refractivity contribution in [3.05, 3.63) is 5.89 Å². The van der Waals surface area contributed by atoms with Crippen LogP contribution < -0.4 is 10.6 Å². The second kappa shape index (κ2) is 5.01. The molecule has 1 saturated carbocycles. The minimum atomic E-state index is 0.518. The predicted molar refractivity (Wildman–Crippen MR) is 61.6 cm³/mol. The van der Waals surface area contributed by atoms with Crippen molar-refractivity contribution in [2.45, 2.75) is 31.8 Å².